The van der Waals surface area contributed by atoms with Crippen LogP contribution in [0.5, 0.6) is 5.75 Å². The molecule has 0 aliphatic carbocycles. The number of pyridine rings is 1. The molecule has 9 nitrogen and oxygen atoms in total. The fourth-order valence-corrected chi connectivity index (χ4v) is 5.06. The number of aromatic hydroxyl groups is 1. The first-order valence-electron chi connectivity index (χ1n) is 13.1. The Morgan fingerprint density at radius 2 is 1.83 bits per heavy atom. The number of hydrogen-bond acceptors (Lipinski definition) is 6. The Kier molecular flexibility index (Phi) is 8.13. The first-order valence-corrected chi connectivity index (χ1v) is 13.1. The molecule has 3 heterocycles. The lowest BCUT2D eigenvalue weighted by molar-refractivity contribution is -0.112. The molecule has 1 aromatic heterocycles. The zero-order valence-electron chi connectivity index (χ0n) is 22.1. The summed E-state index contributed by atoms with van der Waals surface area (Å²) in [7, 11) is 0. The third-order valence-electron chi connectivity index (χ3n) is 7.28. The Bertz CT molecular complexity index is 1510. The van der Waals surface area contributed by atoms with Crippen molar-refractivity contribution in [3.05, 3.63) is 98.7 Å². The van der Waals surface area contributed by atoms with Crippen LogP contribution in [0.3, 0.4) is 0 Å². The Morgan fingerprint density at radius 1 is 1.12 bits per heavy atom. The van der Waals surface area contributed by atoms with E-state index in [-0.39, 0.29) is 24.9 Å². The first-order chi connectivity index (χ1) is 19.6. The van der Waals surface area contributed by atoms with E-state index < -0.39 is 70.4 Å². The van der Waals surface area contributed by atoms with Gasteiger partial charge in [0.1, 0.15) is 23.0 Å². The predicted octanol–water partition coefficient (Wildman–Crippen LogP) is 3.29. The third kappa shape index (κ3) is 5.84. The number of fused-ring (bicyclic) bond motifs is 4. The third-order valence-corrected chi connectivity index (χ3v) is 7.28. The highest BCUT2D eigenvalue weighted by Crippen LogP contribution is 2.31. The molecular weight excluding hydrogens is 543 g/mol. The lowest BCUT2D eigenvalue weighted by Gasteiger charge is -2.41. The van der Waals surface area contributed by atoms with Gasteiger partial charge in [0.25, 0.3) is 11.8 Å². The van der Waals surface area contributed by atoms with Crippen molar-refractivity contribution in [1.82, 2.24) is 14.8 Å². The van der Waals surface area contributed by atoms with Crippen molar-refractivity contribution in [3.63, 3.8) is 0 Å². The highest BCUT2D eigenvalue weighted by Gasteiger charge is 2.39. The SMILES string of the molecule is C[C@H]1CCOC[C@@H](Cc2ccccc2)O[C@H]2CN1C(=O)c1c(O)c(=O)c(C(=O)NCc3c(F)cc(F)cc3F)cn12. The second kappa shape index (κ2) is 11.8. The summed E-state index contributed by atoms with van der Waals surface area (Å²) in [5.74, 6) is -6.17. The fourth-order valence-electron chi connectivity index (χ4n) is 5.06. The molecule has 2 bridgehead atoms. The maximum atomic E-state index is 14.1. The average Bonchev–Trinajstić information content (AvgIpc) is 2.93. The lowest BCUT2D eigenvalue weighted by Crippen LogP contribution is -2.51. The molecule has 1 saturated heterocycles. The highest BCUT2D eigenvalue weighted by atomic mass is 19.1. The van der Waals surface area contributed by atoms with Crippen molar-refractivity contribution in [2.45, 2.75) is 44.7 Å². The minimum Gasteiger partial charge on any atom is -0.503 e. The van der Waals surface area contributed by atoms with Crippen molar-refractivity contribution in [3.8, 4) is 5.75 Å². The Hall–Kier alpha value is -4.16. The summed E-state index contributed by atoms with van der Waals surface area (Å²) in [4.78, 5) is 41.0. The van der Waals surface area contributed by atoms with Gasteiger partial charge in [0, 0.05) is 49.5 Å². The lowest BCUT2D eigenvalue weighted by atomic mass is 10.1. The van der Waals surface area contributed by atoms with Crippen LogP contribution >= 0.6 is 0 Å². The second-order valence-corrected chi connectivity index (χ2v) is 10.1. The van der Waals surface area contributed by atoms with Gasteiger partial charge in [0.15, 0.2) is 17.7 Å². The topological polar surface area (TPSA) is 110 Å². The molecule has 41 heavy (non-hydrogen) atoms. The zero-order chi connectivity index (χ0) is 29.3. The van der Waals surface area contributed by atoms with Gasteiger partial charge in [-0.15, -0.1) is 0 Å². The van der Waals surface area contributed by atoms with E-state index in [4.69, 9.17) is 9.47 Å². The molecule has 0 unspecified atom stereocenters. The van der Waals surface area contributed by atoms with Gasteiger partial charge in [-0.05, 0) is 18.9 Å². The van der Waals surface area contributed by atoms with Crippen LogP contribution in [0.1, 0.15) is 51.5 Å². The smallest absolute Gasteiger partial charge is 0.274 e. The number of ether oxygens (including phenoxy) is 2. The summed E-state index contributed by atoms with van der Waals surface area (Å²) in [6, 6.07) is 10.2. The fraction of sp³-hybridized carbons (Fsp3) is 0.345. The summed E-state index contributed by atoms with van der Waals surface area (Å²) in [6.07, 6.45) is 0.719. The van der Waals surface area contributed by atoms with Crippen molar-refractivity contribution >= 4 is 11.8 Å². The zero-order valence-corrected chi connectivity index (χ0v) is 22.1. The van der Waals surface area contributed by atoms with E-state index in [2.05, 4.69) is 5.32 Å². The largest absolute Gasteiger partial charge is 0.503 e. The second-order valence-electron chi connectivity index (χ2n) is 10.1. The molecule has 3 aromatic rings. The van der Waals surface area contributed by atoms with E-state index in [0.29, 0.717) is 31.6 Å². The highest BCUT2D eigenvalue weighted by molar-refractivity contribution is 5.99. The van der Waals surface area contributed by atoms with Gasteiger partial charge in [-0.1, -0.05) is 30.3 Å². The van der Waals surface area contributed by atoms with E-state index in [0.717, 1.165) is 11.8 Å². The molecule has 2 amide bonds. The van der Waals surface area contributed by atoms with Crippen molar-refractivity contribution in [2.24, 2.45) is 0 Å². The standard InChI is InChI=1S/C29H28F3N3O6/c1-16-7-8-40-15-19(9-17-5-3-2-4-6-17)41-24-14-34(16)29(39)25-27(37)26(36)21(13-35(24)25)28(38)33-12-20-22(31)10-18(30)11-23(20)32/h2-6,10-11,13,16,19,24,37H,7-9,12,14-15H2,1H3,(H,33,38)/t16-,19+,24-/m0/s1. The van der Waals surface area contributed by atoms with Crippen LogP contribution < -0.4 is 10.7 Å². The molecule has 1 fully saturated rings. The molecule has 3 atom stereocenters. The van der Waals surface area contributed by atoms with Crippen molar-refractivity contribution in [2.75, 3.05) is 19.8 Å². The molecule has 2 aliphatic heterocycles. The van der Waals surface area contributed by atoms with Gasteiger partial charge in [0.05, 0.1) is 19.3 Å². The summed E-state index contributed by atoms with van der Waals surface area (Å²) >= 11 is 0. The van der Waals surface area contributed by atoms with Gasteiger partial charge in [0.2, 0.25) is 5.43 Å². The number of carbonyl (C=O) groups excluding carboxylic acids is 2. The monoisotopic (exact) mass is 571 g/mol. The van der Waals surface area contributed by atoms with Crippen LogP contribution in [0.15, 0.2) is 53.5 Å². The molecule has 2 N–H and O–H groups in total. The van der Waals surface area contributed by atoms with Crippen molar-refractivity contribution < 1.29 is 37.3 Å². The van der Waals surface area contributed by atoms with Crippen LogP contribution in [0.25, 0.3) is 0 Å². The van der Waals surface area contributed by atoms with E-state index in [9.17, 15) is 32.7 Å². The number of hydrogen-bond donors (Lipinski definition) is 2. The molecular formula is C29H28F3N3O6. The normalized spacial score (nSPS) is 20.8. The molecule has 5 rings (SSSR count). The molecule has 0 radical (unpaired) electrons. The van der Waals surface area contributed by atoms with Crippen LogP contribution in [0, 0.1) is 17.5 Å². The number of nitrogens with zero attached hydrogens (tertiary/aromatic N) is 2. The maximum Gasteiger partial charge on any atom is 0.274 e. The first kappa shape index (κ1) is 28.4. The summed E-state index contributed by atoms with van der Waals surface area (Å²) in [6.45, 7) is 1.82. The van der Waals surface area contributed by atoms with E-state index in [1.165, 1.54) is 9.47 Å². The molecule has 2 aromatic carbocycles. The van der Waals surface area contributed by atoms with Crippen LogP contribution in [-0.2, 0) is 22.4 Å². The van der Waals surface area contributed by atoms with E-state index in [1.54, 1.807) is 0 Å². The number of halogens is 3. The molecule has 0 spiro atoms. The minimum atomic E-state index is -1.21. The number of carbonyl (C=O) groups is 2. The van der Waals surface area contributed by atoms with Crippen molar-refractivity contribution in [1.29, 1.82) is 0 Å². The van der Waals surface area contributed by atoms with E-state index in [1.807, 2.05) is 37.3 Å². The molecule has 0 saturated carbocycles. The van der Waals surface area contributed by atoms with Gasteiger partial charge in [-0.2, -0.15) is 0 Å². The number of benzene rings is 2. The van der Waals surface area contributed by atoms with Crippen LogP contribution in [0.2, 0.25) is 0 Å². The van der Waals surface area contributed by atoms with Gasteiger partial charge in [-0.3, -0.25) is 14.4 Å². The Labute approximate surface area is 233 Å². The number of amides is 2. The summed E-state index contributed by atoms with van der Waals surface area (Å²) < 4.78 is 54.9. The summed E-state index contributed by atoms with van der Waals surface area (Å²) in [5, 5.41) is 13.1. The predicted molar refractivity (Wildman–Crippen MR) is 140 cm³/mol. The number of nitrogens with one attached hydrogen (secondary N) is 1. The van der Waals surface area contributed by atoms with Gasteiger partial charge < -0.3 is 29.4 Å². The summed E-state index contributed by atoms with van der Waals surface area (Å²) in [5.41, 5.74) is -1.66. The number of rotatable bonds is 5. The molecule has 12 heteroatoms. The molecule has 216 valence electrons. The van der Waals surface area contributed by atoms with E-state index >= 15 is 0 Å². The van der Waals surface area contributed by atoms with Gasteiger partial charge in [-0.25, -0.2) is 13.2 Å². The van der Waals surface area contributed by atoms with Crippen LogP contribution in [-0.4, -0.2) is 58.3 Å². The maximum absolute atomic E-state index is 14.1. The van der Waals surface area contributed by atoms with Crippen LogP contribution in [0.4, 0.5) is 13.2 Å². The Morgan fingerprint density at radius 3 is 2.54 bits per heavy atom. The molecule has 2 aliphatic rings. The average molecular weight is 572 g/mol. The quantitative estimate of drug-likeness (QED) is 0.487. The minimum absolute atomic E-state index is 0.0770. The Balaban J connectivity index is 1.49. The van der Waals surface area contributed by atoms with Gasteiger partial charge >= 0.3 is 0 Å². The number of aromatic nitrogens is 1.